The van der Waals surface area contributed by atoms with Crippen LogP contribution in [-0.4, -0.2) is 4.57 Å². The third-order valence-electron chi connectivity index (χ3n) is 4.78. The van der Waals surface area contributed by atoms with Crippen molar-refractivity contribution in [2.24, 2.45) is 5.92 Å². The number of nitrogen functional groups attached to an aromatic ring is 1. The van der Waals surface area contributed by atoms with Gasteiger partial charge in [0.05, 0.1) is 11.4 Å². The molecule has 1 aromatic heterocycles. The molecule has 3 nitrogen and oxygen atoms in total. The van der Waals surface area contributed by atoms with Crippen LogP contribution in [0, 0.1) is 5.92 Å². The number of hydrogen-bond acceptors (Lipinski definition) is 2. The van der Waals surface area contributed by atoms with Gasteiger partial charge in [0, 0.05) is 6.54 Å². The van der Waals surface area contributed by atoms with E-state index >= 15 is 0 Å². The van der Waals surface area contributed by atoms with E-state index in [0.29, 0.717) is 18.2 Å². The van der Waals surface area contributed by atoms with Gasteiger partial charge in [-0.3, -0.25) is 4.79 Å². The first-order chi connectivity index (χ1) is 11.1. The van der Waals surface area contributed by atoms with Crippen molar-refractivity contribution in [3.8, 4) is 11.3 Å². The van der Waals surface area contributed by atoms with Gasteiger partial charge in [0.2, 0.25) is 0 Å². The molecule has 0 fully saturated rings. The number of nitrogens with zero attached hydrogens (tertiary/aromatic N) is 1. The Morgan fingerprint density at radius 1 is 1.09 bits per heavy atom. The minimum absolute atomic E-state index is 0.0686. The van der Waals surface area contributed by atoms with Gasteiger partial charge in [-0.25, -0.2) is 0 Å². The average molecular weight is 310 g/mol. The van der Waals surface area contributed by atoms with Crippen LogP contribution in [0.1, 0.15) is 44.2 Å². The zero-order valence-electron chi connectivity index (χ0n) is 14.1. The first-order valence-corrected chi connectivity index (χ1v) is 8.68. The molecule has 1 heterocycles. The standard InChI is InChI=1S/C20H26N2O/c1-14(2)11-12-22-19(10-9-18(21)20(22)23)17-8-7-15-5-3-4-6-16(15)13-17/h7-10,13-14H,3-6,11-12,21H2,1-2H3. The van der Waals surface area contributed by atoms with Crippen LogP contribution in [0.3, 0.4) is 0 Å². The number of benzene rings is 1. The monoisotopic (exact) mass is 310 g/mol. The molecule has 1 aliphatic carbocycles. The Morgan fingerprint density at radius 3 is 2.57 bits per heavy atom. The van der Waals surface area contributed by atoms with Crippen molar-refractivity contribution in [3.63, 3.8) is 0 Å². The Labute approximate surface area is 138 Å². The second-order valence-corrected chi connectivity index (χ2v) is 7.00. The van der Waals surface area contributed by atoms with E-state index in [1.165, 1.54) is 30.4 Å². The molecule has 0 amide bonds. The van der Waals surface area contributed by atoms with E-state index in [9.17, 15) is 4.79 Å². The van der Waals surface area contributed by atoms with Crippen molar-refractivity contribution >= 4 is 5.69 Å². The lowest BCUT2D eigenvalue weighted by Crippen LogP contribution is -2.25. The van der Waals surface area contributed by atoms with Crippen molar-refractivity contribution in [1.29, 1.82) is 0 Å². The van der Waals surface area contributed by atoms with Gasteiger partial charge < -0.3 is 10.3 Å². The number of rotatable bonds is 4. The molecule has 0 bridgehead atoms. The molecule has 0 spiro atoms. The topological polar surface area (TPSA) is 48.0 Å². The summed E-state index contributed by atoms with van der Waals surface area (Å²) in [6.45, 7) is 5.07. The SMILES string of the molecule is CC(C)CCn1c(-c2ccc3c(c2)CCCC3)ccc(N)c1=O. The summed E-state index contributed by atoms with van der Waals surface area (Å²) in [7, 11) is 0. The molecule has 1 aromatic carbocycles. The Morgan fingerprint density at radius 2 is 1.83 bits per heavy atom. The van der Waals surface area contributed by atoms with Gasteiger partial charge >= 0.3 is 0 Å². The summed E-state index contributed by atoms with van der Waals surface area (Å²) in [5, 5.41) is 0. The molecule has 122 valence electrons. The lowest BCUT2D eigenvalue weighted by molar-refractivity contribution is 0.511. The number of pyridine rings is 1. The maximum Gasteiger partial charge on any atom is 0.274 e. The minimum Gasteiger partial charge on any atom is -0.394 e. The third kappa shape index (κ3) is 3.34. The predicted octanol–water partition coefficient (Wildman–Crippen LogP) is 4.02. The fourth-order valence-electron chi connectivity index (χ4n) is 3.35. The van der Waals surface area contributed by atoms with E-state index in [0.717, 1.165) is 24.1 Å². The van der Waals surface area contributed by atoms with E-state index < -0.39 is 0 Å². The van der Waals surface area contributed by atoms with Crippen LogP contribution >= 0.6 is 0 Å². The number of nitrogens with two attached hydrogens (primary N) is 1. The summed E-state index contributed by atoms with van der Waals surface area (Å²) < 4.78 is 1.85. The third-order valence-corrected chi connectivity index (χ3v) is 4.78. The lowest BCUT2D eigenvalue weighted by Gasteiger charge is -2.19. The average Bonchev–Trinajstić information content (AvgIpc) is 2.55. The van der Waals surface area contributed by atoms with Crippen molar-refractivity contribution < 1.29 is 0 Å². The number of fused-ring (bicyclic) bond motifs is 1. The van der Waals surface area contributed by atoms with Crippen molar-refractivity contribution in [2.75, 3.05) is 5.73 Å². The Kier molecular flexibility index (Phi) is 4.56. The highest BCUT2D eigenvalue weighted by molar-refractivity contribution is 5.63. The molecule has 1 aliphatic rings. The Hall–Kier alpha value is -2.03. The summed E-state index contributed by atoms with van der Waals surface area (Å²) in [6, 6.07) is 10.4. The van der Waals surface area contributed by atoms with Crippen LogP contribution < -0.4 is 11.3 Å². The van der Waals surface area contributed by atoms with E-state index in [-0.39, 0.29) is 5.56 Å². The summed E-state index contributed by atoms with van der Waals surface area (Å²) >= 11 is 0. The van der Waals surface area contributed by atoms with Crippen LogP contribution in [0.5, 0.6) is 0 Å². The molecule has 0 atom stereocenters. The van der Waals surface area contributed by atoms with E-state index in [4.69, 9.17) is 5.73 Å². The van der Waals surface area contributed by atoms with E-state index in [1.54, 1.807) is 6.07 Å². The van der Waals surface area contributed by atoms with Crippen LogP contribution in [0.2, 0.25) is 0 Å². The van der Waals surface area contributed by atoms with Crippen LogP contribution in [-0.2, 0) is 19.4 Å². The van der Waals surface area contributed by atoms with Crippen LogP contribution in [0.25, 0.3) is 11.3 Å². The largest absolute Gasteiger partial charge is 0.394 e. The smallest absolute Gasteiger partial charge is 0.274 e. The maximum atomic E-state index is 12.5. The molecule has 0 aliphatic heterocycles. The lowest BCUT2D eigenvalue weighted by atomic mass is 9.90. The number of anilines is 1. The molecule has 0 radical (unpaired) electrons. The van der Waals surface area contributed by atoms with Gasteiger partial charge in [-0.2, -0.15) is 0 Å². The molecule has 3 heteroatoms. The van der Waals surface area contributed by atoms with Crippen LogP contribution in [0.15, 0.2) is 35.1 Å². The highest BCUT2D eigenvalue weighted by Crippen LogP contribution is 2.27. The normalized spacial score (nSPS) is 14.0. The van der Waals surface area contributed by atoms with Crippen molar-refractivity contribution in [2.45, 2.75) is 52.5 Å². The number of hydrogen-bond donors (Lipinski definition) is 1. The van der Waals surface area contributed by atoms with Gasteiger partial charge in [-0.1, -0.05) is 26.0 Å². The summed E-state index contributed by atoms with van der Waals surface area (Å²) in [4.78, 5) is 12.5. The Bertz CT molecular complexity index is 759. The minimum atomic E-state index is -0.0686. The molecule has 0 saturated carbocycles. The fourth-order valence-corrected chi connectivity index (χ4v) is 3.35. The maximum absolute atomic E-state index is 12.5. The first-order valence-electron chi connectivity index (χ1n) is 8.68. The second-order valence-electron chi connectivity index (χ2n) is 7.00. The number of aromatic nitrogens is 1. The van der Waals surface area contributed by atoms with E-state index in [2.05, 4.69) is 32.0 Å². The molecular formula is C20H26N2O. The van der Waals surface area contributed by atoms with Crippen molar-refractivity contribution in [3.05, 3.63) is 51.8 Å². The van der Waals surface area contributed by atoms with Gasteiger partial charge in [0.15, 0.2) is 0 Å². The number of aryl methyl sites for hydroxylation is 2. The van der Waals surface area contributed by atoms with Crippen molar-refractivity contribution in [1.82, 2.24) is 4.57 Å². The van der Waals surface area contributed by atoms with Gasteiger partial charge in [-0.05, 0) is 72.9 Å². The Balaban J connectivity index is 2.05. The highest BCUT2D eigenvalue weighted by atomic mass is 16.1. The molecule has 2 N–H and O–H groups in total. The fraction of sp³-hybridized carbons (Fsp3) is 0.450. The summed E-state index contributed by atoms with van der Waals surface area (Å²) in [5.74, 6) is 0.555. The molecule has 2 aromatic rings. The quantitative estimate of drug-likeness (QED) is 0.927. The predicted molar refractivity (Wildman–Crippen MR) is 96.6 cm³/mol. The van der Waals surface area contributed by atoms with E-state index in [1.807, 2.05) is 10.6 Å². The summed E-state index contributed by atoms with van der Waals surface area (Å²) in [6.07, 6.45) is 5.85. The van der Waals surface area contributed by atoms with Gasteiger partial charge in [-0.15, -0.1) is 0 Å². The molecule has 0 saturated heterocycles. The highest BCUT2D eigenvalue weighted by Gasteiger charge is 2.13. The molecule has 3 rings (SSSR count). The zero-order valence-corrected chi connectivity index (χ0v) is 14.1. The van der Waals surface area contributed by atoms with Crippen LogP contribution in [0.4, 0.5) is 5.69 Å². The molecule has 23 heavy (non-hydrogen) atoms. The molecule has 0 unspecified atom stereocenters. The molecular weight excluding hydrogens is 284 g/mol. The van der Waals surface area contributed by atoms with Gasteiger partial charge in [0.1, 0.15) is 0 Å². The first kappa shape index (κ1) is 15.9. The summed E-state index contributed by atoms with van der Waals surface area (Å²) in [5.41, 5.74) is 11.1. The van der Waals surface area contributed by atoms with Gasteiger partial charge in [0.25, 0.3) is 5.56 Å². The zero-order chi connectivity index (χ0) is 16.4. The second kappa shape index (κ2) is 6.61.